The van der Waals surface area contributed by atoms with Gasteiger partial charge in [0, 0.05) is 17.2 Å². The van der Waals surface area contributed by atoms with Crippen molar-refractivity contribution in [2.45, 2.75) is 18.9 Å². The second-order valence-electron chi connectivity index (χ2n) is 4.84. The largest absolute Gasteiger partial charge is 0.389 e. The van der Waals surface area contributed by atoms with Crippen LogP contribution in [0.1, 0.15) is 28.8 Å². The molecule has 3 N–H and O–H groups in total. The summed E-state index contributed by atoms with van der Waals surface area (Å²) in [6.07, 6.45) is 0.943. The van der Waals surface area contributed by atoms with Gasteiger partial charge in [-0.1, -0.05) is 24.4 Å². The molecular weight excluding hydrogens is 296 g/mol. The zero-order chi connectivity index (χ0) is 14.8. The summed E-state index contributed by atoms with van der Waals surface area (Å²) in [7, 11) is -2.91. The molecule has 0 radical (unpaired) electrons. The molecule has 0 aliphatic carbocycles. The number of carbonyl (C=O) groups excluding carboxylic acids is 1. The van der Waals surface area contributed by atoms with E-state index in [1.165, 1.54) is 0 Å². The first-order valence-electron chi connectivity index (χ1n) is 6.28. The normalized spacial score (nSPS) is 18.4. The van der Waals surface area contributed by atoms with E-state index in [0.717, 1.165) is 0 Å². The molecule has 0 spiro atoms. The van der Waals surface area contributed by atoms with Crippen molar-refractivity contribution in [2.24, 2.45) is 5.73 Å². The topological polar surface area (TPSA) is 89.3 Å². The molecule has 1 aliphatic rings. The number of rotatable bonds is 3. The summed E-state index contributed by atoms with van der Waals surface area (Å²) in [5.74, 6) is 0.0696. The fourth-order valence-electron chi connectivity index (χ4n) is 2.09. The number of carbonyl (C=O) groups is 1. The van der Waals surface area contributed by atoms with Crippen molar-refractivity contribution in [2.75, 3.05) is 11.5 Å². The lowest BCUT2D eigenvalue weighted by atomic mass is 10.1. The first kappa shape index (κ1) is 14.9. The Bertz CT molecular complexity index is 610. The van der Waals surface area contributed by atoms with E-state index in [1.807, 2.05) is 0 Å². The lowest BCUT2D eigenvalue weighted by Gasteiger charge is -2.23. The fourth-order valence-corrected chi connectivity index (χ4v) is 3.72. The molecule has 0 atom stereocenters. The van der Waals surface area contributed by atoms with Crippen LogP contribution in [0.25, 0.3) is 0 Å². The molecule has 7 heteroatoms. The smallest absolute Gasteiger partial charge is 0.251 e. The number of nitrogens with two attached hydrogens (primary N) is 1. The minimum absolute atomic E-state index is 0.0821. The quantitative estimate of drug-likeness (QED) is 0.799. The Kier molecular flexibility index (Phi) is 4.39. The van der Waals surface area contributed by atoms with Gasteiger partial charge >= 0.3 is 0 Å². The lowest BCUT2D eigenvalue weighted by molar-refractivity contribution is 0.0934. The monoisotopic (exact) mass is 312 g/mol. The van der Waals surface area contributed by atoms with Crippen molar-refractivity contribution in [3.05, 3.63) is 35.4 Å². The molecule has 0 aromatic heterocycles. The molecule has 1 fully saturated rings. The van der Waals surface area contributed by atoms with Crippen molar-refractivity contribution >= 4 is 33.0 Å². The number of thiocarbonyl (C=S) groups is 1. The Morgan fingerprint density at radius 3 is 2.15 bits per heavy atom. The van der Waals surface area contributed by atoms with Crippen LogP contribution >= 0.6 is 12.2 Å². The molecule has 1 aromatic carbocycles. The lowest BCUT2D eigenvalue weighted by Crippen LogP contribution is -2.40. The van der Waals surface area contributed by atoms with E-state index in [1.54, 1.807) is 24.3 Å². The highest BCUT2D eigenvalue weighted by molar-refractivity contribution is 7.91. The van der Waals surface area contributed by atoms with Crippen LogP contribution in [-0.4, -0.2) is 36.9 Å². The number of hydrogen-bond donors (Lipinski definition) is 2. The van der Waals surface area contributed by atoms with E-state index in [9.17, 15) is 13.2 Å². The Balaban J connectivity index is 1.97. The van der Waals surface area contributed by atoms with Gasteiger partial charge in [0.2, 0.25) is 0 Å². The second kappa shape index (κ2) is 5.88. The van der Waals surface area contributed by atoms with Crippen LogP contribution in [0.4, 0.5) is 0 Å². The molecule has 0 bridgehead atoms. The molecule has 0 saturated carbocycles. The highest BCUT2D eigenvalue weighted by Gasteiger charge is 2.24. The summed E-state index contributed by atoms with van der Waals surface area (Å²) in [5.41, 5.74) is 6.71. The third-order valence-corrected chi connectivity index (χ3v) is 5.27. The Morgan fingerprint density at radius 2 is 1.65 bits per heavy atom. The van der Waals surface area contributed by atoms with Gasteiger partial charge < -0.3 is 11.1 Å². The van der Waals surface area contributed by atoms with Crippen molar-refractivity contribution in [3.8, 4) is 0 Å². The van der Waals surface area contributed by atoms with Crippen molar-refractivity contribution in [3.63, 3.8) is 0 Å². The third kappa shape index (κ3) is 3.77. The first-order chi connectivity index (χ1) is 9.37. The SMILES string of the molecule is NC(=S)c1ccc(C(=O)NC2CCS(=O)(=O)CC2)cc1. The maximum Gasteiger partial charge on any atom is 0.251 e. The van der Waals surface area contributed by atoms with E-state index in [4.69, 9.17) is 18.0 Å². The number of nitrogens with one attached hydrogen (secondary N) is 1. The molecule has 1 aliphatic heterocycles. The zero-order valence-corrected chi connectivity index (χ0v) is 12.5. The van der Waals surface area contributed by atoms with E-state index >= 15 is 0 Å². The van der Waals surface area contributed by atoms with Crippen LogP contribution in [0.15, 0.2) is 24.3 Å². The maximum absolute atomic E-state index is 12.0. The van der Waals surface area contributed by atoms with Gasteiger partial charge in [-0.15, -0.1) is 0 Å². The van der Waals surface area contributed by atoms with Crippen molar-refractivity contribution in [1.82, 2.24) is 5.32 Å². The van der Waals surface area contributed by atoms with Crippen LogP contribution in [0, 0.1) is 0 Å². The Hall–Kier alpha value is -1.47. The number of hydrogen-bond acceptors (Lipinski definition) is 4. The molecule has 1 aromatic rings. The van der Waals surface area contributed by atoms with E-state index in [2.05, 4.69) is 5.32 Å². The minimum atomic E-state index is -2.91. The summed E-state index contributed by atoms with van der Waals surface area (Å²) in [4.78, 5) is 12.3. The molecule has 0 unspecified atom stereocenters. The van der Waals surface area contributed by atoms with Crippen molar-refractivity contribution in [1.29, 1.82) is 0 Å². The maximum atomic E-state index is 12.0. The number of benzene rings is 1. The predicted molar refractivity (Wildman–Crippen MR) is 81.5 cm³/mol. The number of sulfone groups is 1. The number of amides is 1. The summed E-state index contributed by atoms with van der Waals surface area (Å²) < 4.78 is 22.6. The van der Waals surface area contributed by atoms with E-state index in [0.29, 0.717) is 24.0 Å². The van der Waals surface area contributed by atoms with Crippen LogP contribution in [0.3, 0.4) is 0 Å². The Morgan fingerprint density at radius 1 is 1.15 bits per heavy atom. The molecular formula is C13H16N2O3S2. The predicted octanol–water partition coefficient (Wildman–Crippen LogP) is 0.628. The van der Waals surface area contributed by atoms with Gasteiger partial charge in [-0.3, -0.25) is 4.79 Å². The summed E-state index contributed by atoms with van der Waals surface area (Å²) >= 11 is 4.84. The van der Waals surface area contributed by atoms with Gasteiger partial charge in [-0.2, -0.15) is 0 Å². The molecule has 5 nitrogen and oxygen atoms in total. The van der Waals surface area contributed by atoms with Crippen LogP contribution in [0.5, 0.6) is 0 Å². The molecule has 1 amide bonds. The molecule has 20 heavy (non-hydrogen) atoms. The van der Waals surface area contributed by atoms with Crippen LogP contribution in [-0.2, 0) is 9.84 Å². The van der Waals surface area contributed by atoms with Crippen LogP contribution in [0.2, 0.25) is 0 Å². The summed E-state index contributed by atoms with van der Waals surface area (Å²) in [6.45, 7) is 0. The van der Waals surface area contributed by atoms with Gasteiger partial charge in [0.15, 0.2) is 0 Å². The highest BCUT2D eigenvalue weighted by atomic mass is 32.2. The van der Waals surface area contributed by atoms with Crippen LogP contribution < -0.4 is 11.1 Å². The average molecular weight is 312 g/mol. The van der Waals surface area contributed by atoms with Gasteiger partial charge in [0.1, 0.15) is 14.8 Å². The summed E-state index contributed by atoms with van der Waals surface area (Å²) in [6, 6.07) is 6.62. The standard InChI is InChI=1S/C13H16N2O3S2/c14-12(19)9-1-3-10(4-2-9)13(16)15-11-5-7-20(17,18)8-6-11/h1-4,11H,5-8H2,(H2,14,19)(H,15,16). The minimum Gasteiger partial charge on any atom is -0.389 e. The third-order valence-electron chi connectivity index (χ3n) is 3.32. The van der Waals surface area contributed by atoms with Gasteiger partial charge in [-0.05, 0) is 25.0 Å². The average Bonchev–Trinajstić information content (AvgIpc) is 2.41. The molecule has 2 rings (SSSR count). The fraction of sp³-hybridized carbons (Fsp3) is 0.385. The van der Waals surface area contributed by atoms with Gasteiger partial charge in [0.05, 0.1) is 11.5 Å². The summed E-state index contributed by atoms with van der Waals surface area (Å²) in [5, 5.41) is 2.85. The van der Waals surface area contributed by atoms with Crippen molar-refractivity contribution < 1.29 is 13.2 Å². The van der Waals surface area contributed by atoms with E-state index in [-0.39, 0.29) is 28.4 Å². The molecule has 1 saturated heterocycles. The Labute approximate surface area is 123 Å². The highest BCUT2D eigenvalue weighted by Crippen LogP contribution is 2.13. The molecule has 108 valence electrons. The van der Waals surface area contributed by atoms with E-state index < -0.39 is 9.84 Å². The van der Waals surface area contributed by atoms with Gasteiger partial charge in [0.25, 0.3) is 5.91 Å². The molecule has 1 heterocycles. The zero-order valence-electron chi connectivity index (χ0n) is 10.8. The van der Waals surface area contributed by atoms with Gasteiger partial charge in [-0.25, -0.2) is 8.42 Å². The first-order valence-corrected chi connectivity index (χ1v) is 8.51. The second-order valence-corrected chi connectivity index (χ2v) is 7.58.